The molecule has 1 aliphatic rings. The van der Waals surface area contributed by atoms with E-state index >= 15 is 0 Å². The molecule has 1 N–H and O–H groups in total. The van der Waals surface area contributed by atoms with Crippen LogP contribution < -0.4 is 10.5 Å². The molecule has 0 saturated carbocycles. The van der Waals surface area contributed by atoms with Gasteiger partial charge in [-0.25, -0.2) is 4.98 Å². The second-order valence-corrected chi connectivity index (χ2v) is 6.04. The summed E-state index contributed by atoms with van der Waals surface area (Å²) in [6.45, 7) is 2.69. The van der Waals surface area contributed by atoms with Gasteiger partial charge in [-0.15, -0.1) is 0 Å². The third kappa shape index (κ3) is 2.87. The van der Waals surface area contributed by atoms with Crippen LogP contribution in [0.3, 0.4) is 0 Å². The first-order valence-electron chi connectivity index (χ1n) is 6.90. The highest BCUT2D eigenvalue weighted by atomic mass is 79.9. The van der Waals surface area contributed by atoms with Gasteiger partial charge < -0.3 is 14.8 Å². The number of hydrogen-bond donors (Lipinski definition) is 1. The normalized spacial score (nSPS) is 19.7. The molecule has 2 aromatic rings. The van der Waals surface area contributed by atoms with Crippen LogP contribution in [0, 0.1) is 0 Å². The summed E-state index contributed by atoms with van der Waals surface area (Å²) < 4.78 is 0.496. The van der Waals surface area contributed by atoms with Crippen molar-refractivity contribution in [1.29, 1.82) is 0 Å². The molecule has 5 nitrogen and oxygen atoms in total. The fraction of sp³-hybridized carbons (Fsp3) is 0.333. The Morgan fingerprint density at radius 1 is 1.29 bits per heavy atom. The number of aromatic nitrogens is 2. The largest absolute Gasteiger partial charge is 0.346 e. The number of benzene rings is 1. The van der Waals surface area contributed by atoms with E-state index in [9.17, 15) is 4.79 Å². The number of halogens is 1. The predicted octanol–water partition coefficient (Wildman–Crippen LogP) is 2.03. The van der Waals surface area contributed by atoms with E-state index in [0.717, 1.165) is 19.6 Å². The molecule has 110 valence electrons. The molecule has 1 fully saturated rings. The molecule has 21 heavy (non-hydrogen) atoms. The van der Waals surface area contributed by atoms with Crippen LogP contribution >= 0.6 is 15.9 Å². The minimum absolute atomic E-state index is 0.147. The van der Waals surface area contributed by atoms with Gasteiger partial charge in [0.05, 0.1) is 12.4 Å². The first-order chi connectivity index (χ1) is 10.2. The lowest BCUT2D eigenvalue weighted by atomic mass is 10.0. The molecule has 0 spiro atoms. The summed E-state index contributed by atoms with van der Waals surface area (Å²) in [4.78, 5) is 23.3. The van der Waals surface area contributed by atoms with Gasteiger partial charge in [0.25, 0.3) is 5.56 Å². The monoisotopic (exact) mass is 348 g/mol. The smallest absolute Gasteiger partial charge is 0.267 e. The van der Waals surface area contributed by atoms with Crippen molar-refractivity contribution in [2.24, 2.45) is 0 Å². The Labute approximate surface area is 131 Å². The van der Waals surface area contributed by atoms with Gasteiger partial charge in [-0.3, -0.25) is 4.79 Å². The molecule has 6 heteroatoms. The van der Waals surface area contributed by atoms with E-state index in [0.29, 0.717) is 10.3 Å². The van der Waals surface area contributed by atoms with E-state index < -0.39 is 0 Å². The van der Waals surface area contributed by atoms with E-state index in [-0.39, 0.29) is 11.6 Å². The quantitative estimate of drug-likeness (QED) is 0.902. The fourth-order valence-corrected chi connectivity index (χ4v) is 3.15. The summed E-state index contributed by atoms with van der Waals surface area (Å²) in [5, 5.41) is 0. The van der Waals surface area contributed by atoms with Crippen molar-refractivity contribution in [2.75, 3.05) is 31.6 Å². The number of nitrogens with one attached hydrogen (secondary N) is 1. The van der Waals surface area contributed by atoms with Gasteiger partial charge in [0.15, 0.2) is 5.82 Å². The zero-order valence-electron chi connectivity index (χ0n) is 11.8. The third-order valence-corrected chi connectivity index (χ3v) is 4.53. The van der Waals surface area contributed by atoms with E-state index in [2.05, 4.69) is 54.9 Å². The van der Waals surface area contributed by atoms with Crippen LogP contribution in [-0.4, -0.2) is 41.5 Å². The number of anilines is 1. The predicted molar refractivity (Wildman–Crippen MR) is 86.6 cm³/mol. The number of nitrogens with zero attached hydrogens (tertiary/aromatic N) is 3. The average Bonchev–Trinajstić information content (AvgIpc) is 2.51. The Morgan fingerprint density at radius 3 is 2.81 bits per heavy atom. The van der Waals surface area contributed by atoms with Crippen LogP contribution in [-0.2, 0) is 0 Å². The van der Waals surface area contributed by atoms with Crippen molar-refractivity contribution >= 4 is 21.7 Å². The maximum absolute atomic E-state index is 11.8. The highest BCUT2D eigenvalue weighted by molar-refractivity contribution is 9.10. The molecule has 0 bridgehead atoms. The van der Waals surface area contributed by atoms with Gasteiger partial charge >= 0.3 is 0 Å². The van der Waals surface area contributed by atoms with Crippen molar-refractivity contribution in [3.05, 3.63) is 57.0 Å². The number of H-pyrrole nitrogens is 1. The summed E-state index contributed by atoms with van der Waals surface area (Å²) in [6, 6.07) is 10.5. The molecule has 1 aliphatic heterocycles. The van der Waals surface area contributed by atoms with E-state index in [1.807, 2.05) is 18.2 Å². The molecule has 3 rings (SSSR count). The van der Waals surface area contributed by atoms with Crippen molar-refractivity contribution in [2.45, 2.75) is 6.04 Å². The third-order valence-electron chi connectivity index (χ3n) is 3.82. The summed E-state index contributed by atoms with van der Waals surface area (Å²) in [5.41, 5.74) is 1.09. The number of aromatic amines is 1. The van der Waals surface area contributed by atoms with E-state index in [4.69, 9.17) is 0 Å². The lowest BCUT2D eigenvalue weighted by Gasteiger charge is -2.41. The highest BCUT2D eigenvalue weighted by Gasteiger charge is 2.29. The van der Waals surface area contributed by atoms with Crippen LogP contribution in [0.2, 0.25) is 0 Å². The second-order valence-electron chi connectivity index (χ2n) is 5.25. The molecule has 1 saturated heterocycles. The number of rotatable bonds is 2. The van der Waals surface area contributed by atoms with Gasteiger partial charge in [-0.2, -0.15) is 0 Å². The first kappa shape index (κ1) is 14.3. The van der Waals surface area contributed by atoms with Gasteiger partial charge in [-0.05, 0) is 28.5 Å². The first-order valence-corrected chi connectivity index (χ1v) is 7.69. The van der Waals surface area contributed by atoms with Crippen molar-refractivity contribution in [3.8, 4) is 0 Å². The van der Waals surface area contributed by atoms with Crippen LogP contribution in [0.1, 0.15) is 11.6 Å². The molecule has 1 unspecified atom stereocenters. The molecule has 0 radical (unpaired) electrons. The van der Waals surface area contributed by atoms with Gasteiger partial charge in [-0.1, -0.05) is 30.3 Å². The summed E-state index contributed by atoms with van der Waals surface area (Å²) in [5.74, 6) is 0.709. The Bertz CT molecular complexity index is 673. The van der Waals surface area contributed by atoms with E-state index in [1.165, 1.54) is 11.9 Å². The molecule has 1 atom stereocenters. The SMILES string of the molecule is CN1CCN(c2nc[nH]c(=O)c2Br)C(c2ccccc2)C1. The Hall–Kier alpha value is -1.66. The van der Waals surface area contributed by atoms with Crippen LogP contribution in [0.4, 0.5) is 5.82 Å². The summed E-state index contributed by atoms with van der Waals surface area (Å²) >= 11 is 3.37. The minimum atomic E-state index is -0.147. The Morgan fingerprint density at radius 2 is 2.05 bits per heavy atom. The molecule has 0 amide bonds. The molecule has 1 aromatic heterocycles. The minimum Gasteiger partial charge on any atom is -0.346 e. The van der Waals surface area contributed by atoms with Crippen molar-refractivity contribution in [1.82, 2.24) is 14.9 Å². The van der Waals surface area contributed by atoms with Crippen molar-refractivity contribution in [3.63, 3.8) is 0 Å². The lowest BCUT2D eigenvalue weighted by molar-refractivity contribution is 0.268. The fourth-order valence-electron chi connectivity index (χ4n) is 2.71. The topological polar surface area (TPSA) is 52.2 Å². The van der Waals surface area contributed by atoms with Crippen molar-refractivity contribution < 1.29 is 0 Å². The van der Waals surface area contributed by atoms with Gasteiger partial charge in [0, 0.05) is 19.6 Å². The summed E-state index contributed by atoms with van der Waals surface area (Å²) in [7, 11) is 2.12. The van der Waals surface area contributed by atoms with Crippen LogP contribution in [0.25, 0.3) is 0 Å². The maximum Gasteiger partial charge on any atom is 0.267 e. The van der Waals surface area contributed by atoms with Crippen LogP contribution in [0.15, 0.2) is 45.9 Å². The maximum atomic E-state index is 11.8. The number of piperazine rings is 1. The standard InChI is InChI=1S/C15H17BrN4O/c1-19-7-8-20(14-13(16)15(21)18-10-17-14)12(9-19)11-5-3-2-4-6-11/h2-6,10,12H,7-9H2,1H3,(H,17,18,21). The molecule has 0 aliphatic carbocycles. The molecule has 2 heterocycles. The molecular formula is C15H17BrN4O. The number of hydrogen-bond acceptors (Lipinski definition) is 4. The summed E-state index contributed by atoms with van der Waals surface area (Å²) in [6.07, 6.45) is 1.46. The zero-order chi connectivity index (χ0) is 14.8. The number of likely N-dealkylation sites (N-methyl/N-ethyl adjacent to an activating group) is 1. The van der Waals surface area contributed by atoms with Gasteiger partial charge in [0.1, 0.15) is 4.47 Å². The average molecular weight is 349 g/mol. The van der Waals surface area contributed by atoms with Gasteiger partial charge in [0.2, 0.25) is 0 Å². The Kier molecular flexibility index (Phi) is 4.07. The van der Waals surface area contributed by atoms with E-state index in [1.54, 1.807) is 0 Å². The second kappa shape index (κ2) is 5.99. The molecule has 1 aromatic carbocycles. The lowest BCUT2D eigenvalue weighted by Crippen LogP contribution is -2.47. The zero-order valence-corrected chi connectivity index (χ0v) is 13.4. The van der Waals surface area contributed by atoms with Crippen LogP contribution in [0.5, 0.6) is 0 Å². The Balaban J connectivity index is 2.02. The highest BCUT2D eigenvalue weighted by Crippen LogP contribution is 2.31. The molecular weight excluding hydrogens is 332 g/mol.